The molecule has 0 aliphatic heterocycles. The van der Waals surface area contributed by atoms with E-state index >= 15 is 0 Å². The molecule has 3 N–H and O–H groups in total. The van der Waals surface area contributed by atoms with Gasteiger partial charge in [-0.15, -0.1) is 0 Å². The molecule has 0 fully saturated rings. The van der Waals surface area contributed by atoms with Crippen LogP contribution in [-0.2, 0) is 4.79 Å². The van der Waals surface area contributed by atoms with E-state index < -0.39 is 12.1 Å². The van der Waals surface area contributed by atoms with Gasteiger partial charge < -0.3 is 15.5 Å². The Kier molecular flexibility index (Phi) is 69.1. The van der Waals surface area contributed by atoms with Gasteiger partial charge in [0, 0.05) is 6.42 Å². The van der Waals surface area contributed by atoms with Crippen molar-refractivity contribution in [3.05, 3.63) is 0 Å². The minimum absolute atomic E-state index is 0.0188. The molecule has 0 rings (SSSR count). The van der Waals surface area contributed by atoms with Gasteiger partial charge in [-0.05, 0) is 12.8 Å². The first-order valence-electron chi connectivity index (χ1n) is 36.7. The lowest BCUT2D eigenvalue weighted by atomic mass is 10.0. The largest absolute Gasteiger partial charge is 0.394 e. The van der Waals surface area contributed by atoms with Gasteiger partial charge in [-0.25, -0.2) is 0 Å². The SMILES string of the molecule is CCCCCCCCCCCCCCCCCCCCCCCCCCCCCCCCCCCCCCCCCC(=O)NC(CO)C(O)CCCCCCCCCCCCCCCCCCCCCCCCCCCC. The zero-order valence-electron chi connectivity index (χ0n) is 53.5. The van der Waals surface area contributed by atoms with Crippen LogP contribution in [0.25, 0.3) is 0 Å². The van der Waals surface area contributed by atoms with Crippen molar-refractivity contribution in [2.24, 2.45) is 0 Å². The molecular formula is C73H147NO3. The summed E-state index contributed by atoms with van der Waals surface area (Å²) < 4.78 is 0. The Morgan fingerprint density at radius 3 is 0.584 bits per heavy atom. The number of aliphatic hydroxyl groups excluding tert-OH is 2. The number of aliphatic hydroxyl groups is 2. The molecule has 0 spiro atoms. The maximum Gasteiger partial charge on any atom is 0.220 e. The van der Waals surface area contributed by atoms with E-state index in [2.05, 4.69) is 19.2 Å². The lowest BCUT2D eigenvalue weighted by molar-refractivity contribution is -0.123. The standard InChI is InChI=1S/C73H147NO3/c1-3-5-7-9-11-13-15-17-19-21-23-25-27-29-31-32-33-34-35-36-37-38-39-40-41-42-43-45-47-49-51-53-55-57-59-61-63-65-67-69-73(77)74-71(70-75)72(76)68-66-64-62-60-58-56-54-52-50-48-46-44-30-28-26-24-22-20-18-16-14-12-10-8-6-4-2/h71-72,75-76H,3-70H2,1-2H3,(H,74,77). The van der Waals surface area contributed by atoms with E-state index in [0.29, 0.717) is 12.8 Å². The maximum absolute atomic E-state index is 12.6. The summed E-state index contributed by atoms with van der Waals surface area (Å²) in [5.74, 6) is -0.0188. The number of amides is 1. The number of rotatable bonds is 70. The topological polar surface area (TPSA) is 69.6 Å². The predicted octanol–water partition coefficient (Wildman–Crippen LogP) is 25.0. The molecule has 0 saturated carbocycles. The van der Waals surface area contributed by atoms with Crippen LogP contribution in [0.1, 0.15) is 444 Å². The predicted molar refractivity (Wildman–Crippen MR) is 346 cm³/mol. The van der Waals surface area contributed by atoms with Crippen molar-refractivity contribution in [2.75, 3.05) is 6.61 Å². The number of hydrogen-bond donors (Lipinski definition) is 3. The molecule has 0 aromatic carbocycles. The second kappa shape index (κ2) is 69.7. The van der Waals surface area contributed by atoms with Crippen molar-refractivity contribution in [1.82, 2.24) is 5.32 Å². The van der Waals surface area contributed by atoms with Crippen LogP contribution >= 0.6 is 0 Å². The first-order chi connectivity index (χ1) is 38.2. The fourth-order valence-corrected chi connectivity index (χ4v) is 12.3. The van der Waals surface area contributed by atoms with E-state index in [4.69, 9.17) is 0 Å². The summed E-state index contributed by atoms with van der Waals surface area (Å²) in [5.41, 5.74) is 0. The average molecular weight is 1090 g/mol. The molecule has 0 aliphatic carbocycles. The first kappa shape index (κ1) is 76.4. The molecule has 4 nitrogen and oxygen atoms in total. The number of unbranched alkanes of at least 4 members (excludes halogenated alkanes) is 63. The average Bonchev–Trinajstić information content (AvgIpc) is 3.43. The van der Waals surface area contributed by atoms with Crippen LogP contribution in [-0.4, -0.2) is 34.9 Å². The third kappa shape index (κ3) is 66.1. The highest BCUT2D eigenvalue weighted by molar-refractivity contribution is 5.76. The zero-order valence-corrected chi connectivity index (χ0v) is 53.5. The third-order valence-corrected chi connectivity index (χ3v) is 17.9. The van der Waals surface area contributed by atoms with Gasteiger partial charge in [0.2, 0.25) is 5.91 Å². The Labute approximate surface area is 486 Å². The lowest BCUT2D eigenvalue weighted by Crippen LogP contribution is -2.45. The van der Waals surface area contributed by atoms with E-state index in [9.17, 15) is 15.0 Å². The molecule has 2 atom stereocenters. The molecule has 0 bridgehead atoms. The zero-order chi connectivity index (χ0) is 55.5. The van der Waals surface area contributed by atoms with Gasteiger partial charge in [0.05, 0.1) is 18.8 Å². The summed E-state index contributed by atoms with van der Waals surface area (Å²) in [6.45, 7) is 4.42. The molecule has 462 valence electrons. The Hall–Kier alpha value is -0.610. The molecule has 0 heterocycles. The molecule has 4 heteroatoms. The molecule has 0 saturated heterocycles. The smallest absolute Gasteiger partial charge is 0.220 e. The normalized spacial score (nSPS) is 12.5. The fraction of sp³-hybridized carbons (Fsp3) is 0.986. The van der Waals surface area contributed by atoms with E-state index in [1.165, 1.54) is 392 Å². The first-order valence-corrected chi connectivity index (χ1v) is 36.7. The summed E-state index contributed by atoms with van der Waals surface area (Å²) in [5, 5.41) is 23.5. The van der Waals surface area contributed by atoms with Gasteiger partial charge in [-0.3, -0.25) is 4.79 Å². The Bertz CT molecular complexity index is 1050. The van der Waals surface area contributed by atoms with Gasteiger partial charge in [0.1, 0.15) is 0 Å². The van der Waals surface area contributed by atoms with Crippen LogP contribution in [0.4, 0.5) is 0 Å². The Morgan fingerprint density at radius 2 is 0.416 bits per heavy atom. The van der Waals surface area contributed by atoms with Crippen molar-refractivity contribution in [1.29, 1.82) is 0 Å². The maximum atomic E-state index is 12.6. The molecule has 0 radical (unpaired) electrons. The molecule has 0 aromatic heterocycles. The molecular weight excluding hydrogens is 939 g/mol. The molecule has 2 unspecified atom stereocenters. The van der Waals surface area contributed by atoms with Crippen LogP contribution in [0.3, 0.4) is 0 Å². The summed E-state index contributed by atoms with van der Waals surface area (Å²) in [6, 6.07) is -0.533. The summed E-state index contributed by atoms with van der Waals surface area (Å²) in [7, 11) is 0. The van der Waals surface area contributed by atoms with Crippen molar-refractivity contribution >= 4 is 5.91 Å². The highest BCUT2D eigenvalue weighted by Gasteiger charge is 2.20. The van der Waals surface area contributed by atoms with E-state index in [1.54, 1.807) is 0 Å². The van der Waals surface area contributed by atoms with E-state index in [1.807, 2.05) is 0 Å². The van der Waals surface area contributed by atoms with Crippen molar-refractivity contribution in [3.63, 3.8) is 0 Å². The second-order valence-electron chi connectivity index (χ2n) is 25.7. The summed E-state index contributed by atoms with van der Waals surface area (Å²) in [4.78, 5) is 12.6. The van der Waals surface area contributed by atoms with Crippen LogP contribution in [0, 0.1) is 0 Å². The molecule has 0 aromatic rings. The number of carbonyl (C=O) groups excluding carboxylic acids is 1. The highest BCUT2D eigenvalue weighted by atomic mass is 16.3. The molecule has 0 aliphatic rings. The lowest BCUT2D eigenvalue weighted by Gasteiger charge is -2.22. The Morgan fingerprint density at radius 1 is 0.260 bits per heavy atom. The second-order valence-corrected chi connectivity index (χ2v) is 25.7. The number of carbonyl (C=O) groups is 1. The van der Waals surface area contributed by atoms with Crippen LogP contribution < -0.4 is 5.32 Å². The third-order valence-electron chi connectivity index (χ3n) is 17.9. The quantitative estimate of drug-likeness (QED) is 0.0532. The number of nitrogens with one attached hydrogen (secondary N) is 1. The van der Waals surface area contributed by atoms with Crippen molar-refractivity contribution in [3.8, 4) is 0 Å². The molecule has 1 amide bonds. The fourth-order valence-electron chi connectivity index (χ4n) is 12.3. The van der Waals surface area contributed by atoms with Gasteiger partial charge >= 0.3 is 0 Å². The monoisotopic (exact) mass is 1090 g/mol. The van der Waals surface area contributed by atoms with E-state index in [-0.39, 0.29) is 12.5 Å². The molecule has 77 heavy (non-hydrogen) atoms. The minimum Gasteiger partial charge on any atom is -0.394 e. The van der Waals surface area contributed by atoms with Gasteiger partial charge in [-0.1, -0.05) is 425 Å². The van der Waals surface area contributed by atoms with Gasteiger partial charge in [0.15, 0.2) is 0 Å². The van der Waals surface area contributed by atoms with Crippen molar-refractivity contribution < 1.29 is 15.0 Å². The summed E-state index contributed by atoms with van der Waals surface area (Å²) >= 11 is 0. The van der Waals surface area contributed by atoms with Crippen molar-refractivity contribution in [2.45, 2.75) is 456 Å². The minimum atomic E-state index is -0.657. The van der Waals surface area contributed by atoms with Gasteiger partial charge in [-0.2, -0.15) is 0 Å². The van der Waals surface area contributed by atoms with Crippen LogP contribution in [0.2, 0.25) is 0 Å². The highest BCUT2D eigenvalue weighted by Crippen LogP contribution is 2.20. The van der Waals surface area contributed by atoms with E-state index in [0.717, 1.165) is 25.7 Å². The summed E-state index contributed by atoms with van der Waals surface area (Å²) in [6.07, 6.45) is 91.9. The van der Waals surface area contributed by atoms with Crippen LogP contribution in [0.15, 0.2) is 0 Å². The number of hydrogen-bond acceptors (Lipinski definition) is 3. The Balaban J connectivity index is 3.33. The van der Waals surface area contributed by atoms with Gasteiger partial charge in [0.25, 0.3) is 0 Å². The van der Waals surface area contributed by atoms with Crippen LogP contribution in [0.5, 0.6) is 0 Å².